The van der Waals surface area contributed by atoms with Gasteiger partial charge < -0.3 is 10.1 Å². The monoisotopic (exact) mass is 239 g/mol. The summed E-state index contributed by atoms with van der Waals surface area (Å²) in [6.07, 6.45) is 1.78. The molecule has 3 nitrogen and oxygen atoms in total. The Morgan fingerprint density at radius 1 is 1.25 bits per heavy atom. The van der Waals surface area contributed by atoms with Gasteiger partial charge in [-0.2, -0.15) is 0 Å². The van der Waals surface area contributed by atoms with E-state index in [-0.39, 0.29) is 11.9 Å². The number of amides is 1. The Balaban J connectivity index is 1.94. The molecular weight excluding hydrogens is 226 g/mol. The summed E-state index contributed by atoms with van der Waals surface area (Å²) in [5, 5.41) is 3.63. The van der Waals surface area contributed by atoms with Crippen LogP contribution >= 0.6 is 11.6 Å². The van der Waals surface area contributed by atoms with E-state index in [1.165, 1.54) is 0 Å². The first-order valence-electron chi connectivity index (χ1n) is 5.40. The number of ether oxygens (including phenoxy) is 1. The summed E-state index contributed by atoms with van der Waals surface area (Å²) in [7, 11) is 0. The summed E-state index contributed by atoms with van der Waals surface area (Å²) in [5.74, 6) is -0.0384. The second kappa shape index (κ2) is 5.32. The Labute approximate surface area is 99.7 Å². The fourth-order valence-electron chi connectivity index (χ4n) is 1.71. The topological polar surface area (TPSA) is 38.3 Å². The van der Waals surface area contributed by atoms with Crippen molar-refractivity contribution in [1.82, 2.24) is 5.32 Å². The van der Waals surface area contributed by atoms with Crippen molar-refractivity contribution in [2.75, 3.05) is 13.2 Å². The number of carbonyl (C=O) groups is 1. The smallest absolute Gasteiger partial charge is 0.251 e. The van der Waals surface area contributed by atoms with Gasteiger partial charge in [-0.25, -0.2) is 0 Å². The third-order valence-electron chi connectivity index (χ3n) is 2.66. The molecule has 1 N–H and O–H groups in total. The summed E-state index contributed by atoms with van der Waals surface area (Å²) in [6.45, 7) is 1.46. The zero-order chi connectivity index (χ0) is 11.4. The van der Waals surface area contributed by atoms with Crippen molar-refractivity contribution in [3.05, 3.63) is 34.9 Å². The number of halogens is 1. The van der Waals surface area contributed by atoms with Crippen molar-refractivity contribution in [3.8, 4) is 0 Å². The molecule has 0 radical (unpaired) electrons. The summed E-state index contributed by atoms with van der Waals surface area (Å²) in [6, 6.07) is 7.14. The Bertz CT molecular complexity index is 358. The molecule has 1 heterocycles. The zero-order valence-corrected chi connectivity index (χ0v) is 9.67. The maximum atomic E-state index is 11.8. The molecule has 4 heteroatoms. The van der Waals surface area contributed by atoms with Gasteiger partial charge >= 0.3 is 0 Å². The minimum atomic E-state index is -0.0384. The summed E-state index contributed by atoms with van der Waals surface area (Å²) in [5.41, 5.74) is 0.649. The maximum absolute atomic E-state index is 11.8. The molecule has 1 amide bonds. The van der Waals surface area contributed by atoms with Crippen LogP contribution in [0.25, 0.3) is 0 Å². The molecular formula is C12H14ClNO2. The molecule has 0 atom stereocenters. The Morgan fingerprint density at radius 3 is 2.50 bits per heavy atom. The van der Waals surface area contributed by atoms with Crippen LogP contribution in [0.2, 0.25) is 5.02 Å². The van der Waals surface area contributed by atoms with Crippen LogP contribution in [-0.2, 0) is 4.74 Å². The van der Waals surface area contributed by atoms with Crippen molar-refractivity contribution in [2.24, 2.45) is 0 Å². The van der Waals surface area contributed by atoms with E-state index in [2.05, 4.69) is 5.32 Å². The number of hydrogen-bond acceptors (Lipinski definition) is 2. The standard InChI is InChI=1S/C12H14ClNO2/c13-10-3-1-9(2-4-10)12(15)14-11-5-7-16-8-6-11/h1-4,11H,5-8H2,(H,14,15). The molecule has 1 saturated heterocycles. The van der Waals surface area contributed by atoms with Crippen LogP contribution in [0.1, 0.15) is 23.2 Å². The van der Waals surface area contributed by atoms with Crippen LogP contribution in [0.4, 0.5) is 0 Å². The Morgan fingerprint density at radius 2 is 1.88 bits per heavy atom. The highest BCUT2D eigenvalue weighted by atomic mass is 35.5. The van der Waals surface area contributed by atoms with Crippen molar-refractivity contribution in [3.63, 3.8) is 0 Å². The van der Waals surface area contributed by atoms with E-state index in [0.29, 0.717) is 10.6 Å². The van der Waals surface area contributed by atoms with E-state index in [0.717, 1.165) is 26.1 Å². The first-order chi connectivity index (χ1) is 7.75. The van der Waals surface area contributed by atoms with E-state index in [1.54, 1.807) is 24.3 Å². The average molecular weight is 240 g/mol. The van der Waals surface area contributed by atoms with Crippen LogP contribution in [-0.4, -0.2) is 25.2 Å². The van der Waals surface area contributed by atoms with Crippen LogP contribution in [0.3, 0.4) is 0 Å². The largest absolute Gasteiger partial charge is 0.381 e. The summed E-state index contributed by atoms with van der Waals surface area (Å²) >= 11 is 5.76. The molecule has 0 unspecified atom stereocenters. The van der Waals surface area contributed by atoms with E-state index < -0.39 is 0 Å². The van der Waals surface area contributed by atoms with E-state index >= 15 is 0 Å². The van der Waals surface area contributed by atoms with Crippen molar-refractivity contribution in [1.29, 1.82) is 0 Å². The summed E-state index contributed by atoms with van der Waals surface area (Å²) in [4.78, 5) is 11.8. The highest BCUT2D eigenvalue weighted by Gasteiger charge is 2.16. The number of nitrogens with one attached hydrogen (secondary N) is 1. The molecule has 1 aliphatic heterocycles. The van der Waals surface area contributed by atoms with Crippen LogP contribution < -0.4 is 5.32 Å². The van der Waals surface area contributed by atoms with Crippen LogP contribution in [0, 0.1) is 0 Å². The van der Waals surface area contributed by atoms with Gasteiger partial charge in [0.15, 0.2) is 0 Å². The van der Waals surface area contributed by atoms with E-state index in [1.807, 2.05) is 0 Å². The molecule has 0 saturated carbocycles. The average Bonchev–Trinajstić information content (AvgIpc) is 2.31. The van der Waals surface area contributed by atoms with Crippen molar-refractivity contribution >= 4 is 17.5 Å². The van der Waals surface area contributed by atoms with Gasteiger partial charge in [0, 0.05) is 29.8 Å². The Kier molecular flexibility index (Phi) is 3.80. The molecule has 16 heavy (non-hydrogen) atoms. The van der Waals surface area contributed by atoms with E-state index in [4.69, 9.17) is 16.3 Å². The lowest BCUT2D eigenvalue weighted by molar-refractivity contribution is 0.0696. The second-order valence-corrected chi connectivity index (χ2v) is 4.30. The Hall–Kier alpha value is -1.06. The lowest BCUT2D eigenvalue weighted by Crippen LogP contribution is -2.38. The normalized spacial score (nSPS) is 17.1. The molecule has 0 bridgehead atoms. The highest BCUT2D eigenvalue weighted by molar-refractivity contribution is 6.30. The zero-order valence-electron chi connectivity index (χ0n) is 8.91. The molecule has 0 aromatic heterocycles. The van der Waals surface area contributed by atoms with Crippen LogP contribution in [0.5, 0.6) is 0 Å². The minimum Gasteiger partial charge on any atom is -0.381 e. The molecule has 2 rings (SSSR count). The van der Waals surface area contributed by atoms with Gasteiger partial charge in [-0.05, 0) is 37.1 Å². The molecule has 1 fully saturated rings. The predicted octanol–water partition coefficient (Wildman–Crippen LogP) is 2.25. The molecule has 86 valence electrons. The SMILES string of the molecule is O=C(NC1CCOCC1)c1ccc(Cl)cc1. The van der Waals surface area contributed by atoms with Crippen molar-refractivity contribution < 1.29 is 9.53 Å². The second-order valence-electron chi connectivity index (χ2n) is 3.87. The number of hydrogen-bond donors (Lipinski definition) is 1. The molecule has 0 spiro atoms. The molecule has 1 aromatic rings. The maximum Gasteiger partial charge on any atom is 0.251 e. The lowest BCUT2D eigenvalue weighted by atomic mass is 10.1. The van der Waals surface area contributed by atoms with Gasteiger partial charge in [0.1, 0.15) is 0 Å². The third kappa shape index (κ3) is 2.97. The quantitative estimate of drug-likeness (QED) is 0.860. The predicted molar refractivity (Wildman–Crippen MR) is 62.8 cm³/mol. The number of carbonyl (C=O) groups excluding carboxylic acids is 1. The van der Waals surface area contributed by atoms with Crippen molar-refractivity contribution in [2.45, 2.75) is 18.9 Å². The molecule has 0 aliphatic carbocycles. The fraction of sp³-hybridized carbons (Fsp3) is 0.417. The number of benzene rings is 1. The van der Waals surface area contributed by atoms with Gasteiger partial charge in [0.2, 0.25) is 0 Å². The van der Waals surface area contributed by atoms with Gasteiger partial charge in [-0.1, -0.05) is 11.6 Å². The first kappa shape index (κ1) is 11.4. The molecule has 1 aliphatic rings. The minimum absolute atomic E-state index is 0.0384. The molecule has 1 aromatic carbocycles. The van der Waals surface area contributed by atoms with Gasteiger partial charge in [-0.15, -0.1) is 0 Å². The number of rotatable bonds is 2. The van der Waals surface area contributed by atoms with Gasteiger partial charge in [-0.3, -0.25) is 4.79 Å². The van der Waals surface area contributed by atoms with E-state index in [9.17, 15) is 4.79 Å². The van der Waals surface area contributed by atoms with Gasteiger partial charge in [0.05, 0.1) is 0 Å². The summed E-state index contributed by atoms with van der Waals surface area (Å²) < 4.78 is 5.23. The fourth-order valence-corrected chi connectivity index (χ4v) is 1.84. The first-order valence-corrected chi connectivity index (χ1v) is 5.77. The third-order valence-corrected chi connectivity index (χ3v) is 2.91. The van der Waals surface area contributed by atoms with Gasteiger partial charge in [0.25, 0.3) is 5.91 Å². The highest BCUT2D eigenvalue weighted by Crippen LogP contribution is 2.11. The lowest BCUT2D eigenvalue weighted by Gasteiger charge is -2.23. The van der Waals surface area contributed by atoms with Crippen LogP contribution in [0.15, 0.2) is 24.3 Å².